The summed E-state index contributed by atoms with van der Waals surface area (Å²) in [7, 11) is 1.64. The number of hydrogen-bond acceptors (Lipinski definition) is 4. The maximum absolute atomic E-state index is 5.74. The molecule has 0 spiro atoms. The summed E-state index contributed by atoms with van der Waals surface area (Å²) in [6.07, 6.45) is 1.62. The Hall–Kier alpha value is -1.13. The topological polar surface area (TPSA) is 60.5 Å². The Labute approximate surface area is 94.1 Å². The van der Waals surface area contributed by atoms with Crippen molar-refractivity contribution in [2.24, 2.45) is 4.99 Å². The van der Waals surface area contributed by atoms with Gasteiger partial charge in [0.1, 0.15) is 10.8 Å². The lowest BCUT2D eigenvalue weighted by Gasteiger charge is -2.04. The van der Waals surface area contributed by atoms with Crippen LogP contribution in [0.15, 0.2) is 17.1 Å². The van der Waals surface area contributed by atoms with Crippen molar-refractivity contribution in [3.05, 3.63) is 23.0 Å². The number of halogens is 1. The van der Waals surface area contributed by atoms with Gasteiger partial charge in [-0.25, -0.2) is 4.98 Å². The predicted molar refractivity (Wildman–Crippen MR) is 62.6 cm³/mol. The van der Waals surface area contributed by atoms with Crippen LogP contribution in [0, 0.1) is 0 Å². The van der Waals surface area contributed by atoms with E-state index in [1.54, 1.807) is 25.5 Å². The molecule has 0 saturated carbocycles. The monoisotopic (exact) mass is 227 g/mol. The van der Waals surface area contributed by atoms with E-state index in [0.717, 1.165) is 0 Å². The molecule has 0 radical (unpaired) electrons. The van der Waals surface area contributed by atoms with Gasteiger partial charge in [0.05, 0.1) is 18.3 Å². The highest BCUT2D eigenvalue weighted by molar-refractivity contribution is 6.29. The molecular formula is C10H14ClN3O. The number of pyridine rings is 1. The van der Waals surface area contributed by atoms with Crippen LogP contribution in [0.2, 0.25) is 5.15 Å². The van der Waals surface area contributed by atoms with Crippen molar-refractivity contribution in [3.63, 3.8) is 0 Å². The molecule has 0 fully saturated rings. The first kappa shape index (κ1) is 11.9. The average Bonchev–Trinajstić information content (AvgIpc) is 2.20. The van der Waals surface area contributed by atoms with Gasteiger partial charge in [-0.15, -0.1) is 0 Å². The molecule has 1 aromatic heterocycles. The molecule has 0 amide bonds. The van der Waals surface area contributed by atoms with Gasteiger partial charge < -0.3 is 10.5 Å². The van der Waals surface area contributed by atoms with Crippen LogP contribution in [-0.4, -0.2) is 31.0 Å². The summed E-state index contributed by atoms with van der Waals surface area (Å²) >= 11 is 5.74. The number of ether oxygens (including phenoxy) is 1. The van der Waals surface area contributed by atoms with E-state index < -0.39 is 0 Å². The number of nitrogens with zero attached hydrogens (tertiary/aromatic N) is 2. The van der Waals surface area contributed by atoms with Crippen LogP contribution in [0.25, 0.3) is 0 Å². The number of rotatable bonds is 4. The van der Waals surface area contributed by atoms with Crippen LogP contribution in [0.3, 0.4) is 0 Å². The molecular weight excluding hydrogens is 214 g/mol. The normalized spacial score (nSPS) is 13.3. The van der Waals surface area contributed by atoms with E-state index in [1.807, 2.05) is 6.92 Å². The lowest BCUT2D eigenvalue weighted by atomic mass is 10.3. The Morgan fingerprint density at radius 2 is 2.40 bits per heavy atom. The fourth-order valence-electron chi connectivity index (χ4n) is 1.05. The maximum atomic E-state index is 5.74. The highest BCUT2D eigenvalue weighted by Crippen LogP contribution is 2.11. The average molecular weight is 228 g/mol. The van der Waals surface area contributed by atoms with Gasteiger partial charge in [-0.3, -0.25) is 4.99 Å². The van der Waals surface area contributed by atoms with Crippen molar-refractivity contribution >= 4 is 23.5 Å². The number of aliphatic imine (C=N–C) groups is 1. The van der Waals surface area contributed by atoms with E-state index in [-0.39, 0.29) is 6.04 Å². The predicted octanol–water partition coefficient (Wildman–Crippen LogP) is 1.77. The summed E-state index contributed by atoms with van der Waals surface area (Å²) in [5.41, 5.74) is 6.86. The minimum absolute atomic E-state index is 0.0789. The minimum atomic E-state index is 0.0789. The first-order valence-corrected chi connectivity index (χ1v) is 4.95. The second-order valence-electron chi connectivity index (χ2n) is 3.19. The molecule has 0 aliphatic rings. The lowest BCUT2D eigenvalue weighted by molar-refractivity contribution is 0.186. The fourth-order valence-corrected chi connectivity index (χ4v) is 1.20. The van der Waals surface area contributed by atoms with Gasteiger partial charge in [0.2, 0.25) is 0 Å². The van der Waals surface area contributed by atoms with E-state index in [2.05, 4.69) is 9.98 Å². The van der Waals surface area contributed by atoms with E-state index in [1.165, 1.54) is 0 Å². The zero-order valence-electron chi connectivity index (χ0n) is 8.77. The van der Waals surface area contributed by atoms with Gasteiger partial charge in [0, 0.05) is 13.3 Å². The minimum Gasteiger partial charge on any atom is -0.397 e. The molecule has 1 aromatic rings. The van der Waals surface area contributed by atoms with Crippen molar-refractivity contribution in [1.82, 2.24) is 4.98 Å². The van der Waals surface area contributed by atoms with E-state index >= 15 is 0 Å². The third kappa shape index (κ3) is 3.85. The second-order valence-corrected chi connectivity index (χ2v) is 3.58. The summed E-state index contributed by atoms with van der Waals surface area (Å²) in [6.45, 7) is 2.51. The molecule has 1 unspecified atom stereocenters. The van der Waals surface area contributed by atoms with Crippen LogP contribution in [0.5, 0.6) is 0 Å². The third-order valence-electron chi connectivity index (χ3n) is 1.78. The molecule has 4 nitrogen and oxygen atoms in total. The highest BCUT2D eigenvalue weighted by atomic mass is 35.5. The summed E-state index contributed by atoms with van der Waals surface area (Å²) in [6, 6.07) is 3.43. The van der Waals surface area contributed by atoms with Gasteiger partial charge in [0.15, 0.2) is 0 Å². The quantitative estimate of drug-likeness (QED) is 0.630. The first-order valence-electron chi connectivity index (χ1n) is 4.57. The lowest BCUT2D eigenvalue weighted by Crippen LogP contribution is -2.08. The van der Waals surface area contributed by atoms with E-state index in [9.17, 15) is 0 Å². The molecule has 0 aliphatic heterocycles. The highest BCUT2D eigenvalue weighted by Gasteiger charge is 2.00. The molecule has 1 heterocycles. The number of hydrogen-bond donors (Lipinski definition) is 1. The molecule has 82 valence electrons. The molecule has 15 heavy (non-hydrogen) atoms. The van der Waals surface area contributed by atoms with Crippen LogP contribution < -0.4 is 5.73 Å². The molecule has 1 atom stereocenters. The largest absolute Gasteiger partial charge is 0.397 e. The first-order chi connectivity index (χ1) is 7.13. The standard InChI is InChI=1S/C10H14ClN3O/c1-7(6-15-2)13-5-9-8(12)3-4-10(11)14-9/h3-5,7H,6,12H2,1-2H3. The van der Waals surface area contributed by atoms with Crippen LogP contribution in [-0.2, 0) is 4.74 Å². The fraction of sp³-hybridized carbons (Fsp3) is 0.400. The smallest absolute Gasteiger partial charge is 0.129 e. The SMILES string of the molecule is COCC(C)N=Cc1nc(Cl)ccc1N. The summed E-state index contributed by atoms with van der Waals surface area (Å²) < 4.78 is 4.95. The van der Waals surface area contributed by atoms with Crippen molar-refractivity contribution in [1.29, 1.82) is 0 Å². The zero-order chi connectivity index (χ0) is 11.3. The third-order valence-corrected chi connectivity index (χ3v) is 1.99. The van der Waals surface area contributed by atoms with E-state index in [0.29, 0.717) is 23.1 Å². The molecule has 0 bridgehead atoms. The van der Waals surface area contributed by atoms with Gasteiger partial charge >= 0.3 is 0 Å². The molecule has 1 rings (SSSR count). The Morgan fingerprint density at radius 1 is 1.67 bits per heavy atom. The van der Waals surface area contributed by atoms with Crippen LogP contribution in [0.1, 0.15) is 12.6 Å². The zero-order valence-corrected chi connectivity index (χ0v) is 9.53. The summed E-state index contributed by atoms with van der Waals surface area (Å²) in [5, 5.41) is 0.407. The van der Waals surface area contributed by atoms with Crippen molar-refractivity contribution in [3.8, 4) is 0 Å². The van der Waals surface area contributed by atoms with E-state index in [4.69, 9.17) is 22.1 Å². The number of methoxy groups -OCH3 is 1. The van der Waals surface area contributed by atoms with Gasteiger partial charge in [-0.1, -0.05) is 11.6 Å². The number of anilines is 1. The molecule has 5 heteroatoms. The summed E-state index contributed by atoms with van der Waals surface area (Å²) in [5.74, 6) is 0. The van der Waals surface area contributed by atoms with Crippen LogP contribution in [0.4, 0.5) is 5.69 Å². The second kappa shape index (κ2) is 5.68. The maximum Gasteiger partial charge on any atom is 0.129 e. The number of aromatic nitrogens is 1. The van der Waals surface area contributed by atoms with Crippen LogP contribution >= 0.6 is 11.6 Å². The van der Waals surface area contributed by atoms with Crippen molar-refractivity contribution < 1.29 is 4.74 Å². The molecule has 0 aliphatic carbocycles. The van der Waals surface area contributed by atoms with Gasteiger partial charge in [0.25, 0.3) is 0 Å². The molecule has 0 saturated heterocycles. The van der Waals surface area contributed by atoms with Gasteiger partial charge in [-0.05, 0) is 19.1 Å². The van der Waals surface area contributed by atoms with Crippen molar-refractivity contribution in [2.45, 2.75) is 13.0 Å². The number of nitrogen functional groups attached to an aromatic ring is 1. The van der Waals surface area contributed by atoms with Crippen molar-refractivity contribution in [2.75, 3.05) is 19.5 Å². The summed E-state index contributed by atoms with van der Waals surface area (Å²) in [4.78, 5) is 8.29. The Balaban J connectivity index is 2.75. The Morgan fingerprint density at radius 3 is 3.07 bits per heavy atom. The van der Waals surface area contributed by atoms with Gasteiger partial charge in [-0.2, -0.15) is 0 Å². The number of nitrogens with two attached hydrogens (primary N) is 1. The Kier molecular flexibility index (Phi) is 4.52. The molecule has 0 aromatic carbocycles. The Bertz CT molecular complexity index is 355. The molecule has 2 N–H and O–H groups in total.